The Kier molecular flexibility index (Phi) is 6.13. The lowest BCUT2D eigenvalue weighted by molar-refractivity contribution is 0.0387. The highest BCUT2D eigenvalue weighted by molar-refractivity contribution is 7.09. The average Bonchev–Trinajstić information content (AvgIpc) is 2.93. The molecular weight excluding hydrogens is 262 g/mol. The molecule has 6 heteroatoms. The summed E-state index contributed by atoms with van der Waals surface area (Å²) in [4.78, 5) is 15.2. The van der Waals surface area contributed by atoms with Crippen LogP contribution in [0.15, 0.2) is 17.5 Å². The van der Waals surface area contributed by atoms with Crippen molar-refractivity contribution in [3.8, 4) is 0 Å². The van der Waals surface area contributed by atoms with Crippen LogP contribution in [-0.2, 0) is 11.2 Å². The molecule has 5 nitrogen and oxygen atoms in total. The van der Waals surface area contributed by atoms with Crippen LogP contribution in [0.2, 0.25) is 0 Å². The van der Waals surface area contributed by atoms with Crippen LogP contribution in [0.1, 0.15) is 4.88 Å². The third-order valence-electron chi connectivity index (χ3n) is 3.05. The van der Waals surface area contributed by atoms with Crippen LogP contribution in [0, 0.1) is 0 Å². The van der Waals surface area contributed by atoms with E-state index in [1.807, 2.05) is 6.07 Å². The summed E-state index contributed by atoms with van der Waals surface area (Å²) < 4.78 is 5.28. The van der Waals surface area contributed by atoms with E-state index in [1.165, 1.54) is 4.88 Å². The first kappa shape index (κ1) is 14.3. The van der Waals surface area contributed by atoms with Crippen molar-refractivity contribution >= 4 is 17.4 Å². The predicted molar refractivity (Wildman–Crippen MR) is 76.7 cm³/mol. The monoisotopic (exact) mass is 283 g/mol. The van der Waals surface area contributed by atoms with Gasteiger partial charge in [0.1, 0.15) is 0 Å². The highest BCUT2D eigenvalue weighted by Gasteiger charge is 2.09. The molecule has 1 saturated heterocycles. The van der Waals surface area contributed by atoms with Crippen LogP contribution in [0.5, 0.6) is 0 Å². The summed E-state index contributed by atoms with van der Waals surface area (Å²) in [7, 11) is 0. The standard InChI is InChI=1S/C13H21N3O2S/c17-13(14-4-3-12-2-1-11-19-12)15-5-6-16-7-9-18-10-8-16/h1-2,11H,3-10H2,(H2,14,15,17). The third kappa shape index (κ3) is 5.59. The van der Waals surface area contributed by atoms with Crippen molar-refractivity contribution in [2.24, 2.45) is 0 Å². The van der Waals surface area contributed by atoms with E-state index in [4.69, 9.17) is 4.74 Å². The van der Waals surface area contributed by atoms with Gasteiger partial charge in [0, 0.05) is 37.6 Å². The number of morpholine rings is 1. The number of nitrogens with one attached hydrogen (secondary N) is 2. The Morgan fingerprint density at radius 1 is 1.32 bits per heavy atom. The number of nitrogens with zero attached hydrogens (tertiary/aromatic N) is 1. The first-order valence-electron chi connectivity index (χ1n) is 6.69. The Bertz CT molecular complexity index is 364. The zero-order chi connectivity index (χ0) is 13.3. The summed E-state index contributed by atoms with van der Waals surface area (Å²) in [5.41, 5.74) is 0. The molecule has 19 heavy (non-hydrogen) atoms. The normalized spacial score (nSPS) is 16.2. The molecule has 2 rings (SSSR count). The third-order valence-corrected chi connectivity index (χ3v) is 3.99. The number of hydrogen-bond acceptors (Lipinski definition) is 4. The van der Waals surface area contributed by atoms with Crippen molar-refractivity contribution in [2.75, 3.05) is 45.9 Å². The van der Waals surface area contributed by atoms with Gasteiger partial charge in [-0.1, -0.05) is 6.07 Å². The molecule has 0 atom stereocenters. The fourth-order valence-corrected chi connectivity index (χ4v) is 2.68. The Balaban J connectivity index is 1.49. The molecule has 1 aliphatic heterocycles. The van der Waals surface area contributed by atoms with Crippen LogP contribution in [0.3, 0.4) is 0 Å². The second kappa shape index (κ2) is 8.14. The summed E-state index contributed by atoms with van der Waals surface area (Å²) in [5.74, 6) is 0. The van der Waals surface area contributed by atoms with Crippen molar-refractivity contribution in [3.05, 3.63) is 22.4 Å². The zero-order valence-electron chi connectivity index (χ0n) is 11.1. The van der Waals surface area contributed by atoms with Crippen molar-refractivity contribution in [3.63, 3.8) is 0 Å². The molecule has 0 aromatic carbocycles. The summed E-state index contributed by atoms with van der Waals surface area (Å²) in [6.45, 7) is 5.78. The van der Waals surface area contributed by atoms with Crippen molar-refractivity contribution in [2.45, 2.75) is 6.42 Å². The number of carbonyl (C=O) groups excluding carboxylic acids is 1. The molecule has 0 unspecified atom stereocenters. The van der Waals surface area contributed by atoms with Gasteiger partial charge in [-0.3, -0.25) is 4.90 Å². The molecule has 1 aromatic rings. The minimum Gasteiger partial charge on any atom is -0.379 e. The molecule has 1 aliphatic rings. The van der Waals surface area contributed by atoms with Crippen LogP contribution >= 0.6 is 11.3 Å². The quantitative estimate of drug-likeness (QED) is 0.816. The van der Waals surface area contributed by atoms with E-state index in [9.17, 15) is 4.79 Å². The molecular formula is C13H21N3O2S. The summed E-state index contributed by atoms with van der Waals surface area (Å²) in [6, 6.07) is 4.04. The van der Waals surface area contributed by atoms with E-state index >= 15 is 0 Å². The molecule has 1 aromatic heterocycles. The summed E-state index contributed by atoms with van der Waals surface area (Å²) in [6.07, 6.45) is 0.897. The Hall–Kier alpha value is -1.11. The Labute approximate surface area is 117 Å². The molecule has 0 spiro atoms. The van der Waals surface area contributed by atoms with Gasteiger partial charge in [0.25, 0.3) is 0 Å². The van der Waals surface area contributed by atoms with Crippen molar-refractivity contribution in [1.82, 2.24) is 15.5 Å². The minimum absolute atomic E-state index is 0.0789. The molecule has 0 radical (unpaired) electrons. The van der Waals surface area contributed by atoms with Crippen LogP contribution in [-0.4, -0.2) is 56.9 Å². The number of ether oxygens (including phenoxy) is 1. The number of rotatable bonds is 6. The maximum Gasteiger partial charge on any atom is 0.314 e. The highest BCUT2D eigenvalue weighted by Crippen LogP contribution is 2.07. The van der Waals surface area contributed by atoms with E-state index in [0.717, 1.165) is 39.3 Å². The number of hydrogen-bond donors (Lipinski definition) is 2. The van der Waals surface area contributed by atoms with Gasteiger partial charge in [0.15, 0.2) is 0 Å². The second-order valence-electron chi connectivity index (χ2n) is 4.47. The first-order valence-corrected chi connectivity index (χ1v) is 7.57. The number of carbonyl (C=O) groups is 1. The second-order valence-corrected chi connectivity index (χ2v) is 5.50. The molecule has 0 bridgehead atoms. The van der Waals surface area contributed by atoms with Gasteiger partial charge in [0.05, 0.1) is 13.2 Å². The largest absolute Gasteiger partial charge is 0.379 e. The fourth-order valence-electron chi connectivity index (χ4n) is 1.97. The van der Waals surface area contributed by atoms with E-state index < -0.39 is 0 Å². The Morgan fingerprint density at radius 2 is 2.11 bits per heavy atom. The van der Waals surface area contributed by atoms with Crippen LogP contribution in [0.25, 0.3) is 0 Å². The average molecular weight is 283 g/mol. The van der Waals surface area contributed by atoms with Crippen molar-refractivity contribution < 1.29 is 9.53 Å². The molecule has 2 N–H and O–H groups in total. The van der Waals surface area contributed by atoms with Gasteiger partial charge in [-0.05, 0) is 17.9 Å². The topological polar surface area (TPSA) is 53.6 Å². The van der Waals surface area contributed by atoms with Crippen LogP contribution < -0.4 is 10.6 Å². The van der Waals surface area contributed by atoms with E-state index in [2.05, 4.69) is 27.0 Å². The minimum atomic E-state index is -0.0789. The lowest BCUT2D eigenvalue weighted by Gasteiger charge is -2.26. The van der Waals surface area contributed by atoms with Gasteiger partial charge in [-0.2, -0.15) is 0 Å². The van der Waals surface area contributed by atoms with E-state index in [1.54, 1.807) is 11.3 Å². The van der Waals surface area contributed by atoms with Crippen molar-refractivity contribution in [1.29, 1.82) is 0 Å². The Morgan fingerprint density at radius 3 is 2.84 bits per heavy atom. The molecule has 2 amide bonds. The molecule has 106 valence electrons. The van der Waals surface area contributed by atoms with Crippen LogP contribution in [0.4, 0.5) is 4.79 Å². The van der Waals surface area contributed by atoms with Gasteiger partial charge in [0.2, 0.25) is 0 Å². The molecule has 1 fully saturated rings. The van der Waals surface area contributed by atoms with E-state index in [0.29, 0.717) is 13.1 Å². The van der Waals surface area contributed by atoms with Gasteiger partial charge in [-0.25, -0.2) is 4.79 Å². The lowest BCUT2D eigenvalue weighted by atomic mass is 10.3. The summed E-state index contributed by atoms with van der Waals surface area (Å²) >= 11 is 1.72. The predicted octanol–water partition coefficient (Wildman–Crippen LogP) is 0.922. The highest BCUT2D eigenvalue weighted by atomic mass is 32.1. The fraction of sp³-hybridized carbons (Fsp3) is 0.615. The smallest absolute Gasteiger partial charge is 0.314 e. The van der Waals surface area contributed by atoms with Gasteiger partial charge < -0.3 is 15.4 Å². The molecule has 0 saturated carbocycles. The van der Waals surface area contributed by atoms with E-state index in [-0.39, 0.29) is 6.03 Å². The lowest BCUT2D eigenvalue weighted by Crippen LogP contribution is -2.44. The number of amides is 2. The zero-order valence-corrected chi connectivity index (χ0v) is 11.9. The molecule has 2 heterocycles. The van der Waals surface area contributed by atoms with Gasteiger partial charge in [-0.15, -0.1) is 11.3 Å². The number of thiophene rings is 1. The SMILES string of the molecule is O=C(NCCc1cccs1)NCCN1CCOCC1. The first-order chi connectivity index (χ1) is 9.34. The summed E-state index contributed by atoms with van der Waals surface area (Å²) in [5, 5.41) is 7.81. The number of urea groups is 1. The maximum absolute atomic E-state index is 11.6. The molecule has 0 aliphatic carbocycles. The van der Waals surface area contributed by atoms with Gasteiger partial charge >= 0.3 is 6.03 Å². The maximum atomic E-state index is 11.6.